The van der Waals surface area contributed by atoms with Crippen molar-refractivity contribution >= 4 is 5.91 Å². The van der Waals surface area contributed by atoms with Crippen molar-refractivity contribution in [1.82, 2.24) is 9.80 Å². The second kappa shape index (κ2) is 4.75. The second-order valence-corrected chi connectivity index (χ2v) is 4.17. The fourth-order valence-corrected chi connectivity index (χ4v) is 1.72. The van der Waals surface area contributed by atoms with Crippen LogP contribution in [0.2, 0.25) is 0 Å². The van der Waals surface area contributed by atoms with Crippen LogP contribution < -0.4 is 0 Å². The molecule has 1 rings (SSSR count). The monoisotopic (exact) mass is 200 g/mol. The number of rotatable bonds is 4. The van der Waals surface area contributed by atoms with Crippen molar-refractivity contribution in [1.29, 1.82) is 0 Å². The third-order valence-electron chi connectivity index (χ3n) is 2.64. The lowest BCUT2D eigenvalue weighted by Gasteiger charge is -2.39. The molecule has 1 unspecified atom stereocenters. The van der Waals surface area contributed by atoms with Gasteiger partial charge >= 0.3 is 0 Å². The molecule has 1 saturated heterocycles. The molecule has 4 heteroatoms. The zero-order valence-corrected chi connectivity index (χ0v) is 9.23. The van der Waals surface area contributed by atoms with Crippen molar-refractivity contribution in [3.63, 3.8) is 0 Å². The Morgan fingerprint density at radius 3 is 2.50 bits per heavy atom. The van der Waals surface area contributed by atoms with E-state index in [2.05, 4.69) is 6.92 Å². The molecule has 0 radical (unpaired) electrons. The molecule has 0 aliphatic carbocycles. The maximum atomic E-state index is 11.9. The van der Waals surface area contributed by atoms with E-state index in [1.165, 1.54) is 0 Å². The molecule has 0 spiro atoms. The summed E-state index contributed by atoms with van der Waals surface area (Å²) in [6.45, 7) is 3.09. The molecule has 14 heavy (non-hydrogen) atoms. The van der Waals surface area contributed by atoms with E-state index in [0.29, 0.717) is 13.1 Å². The van der Waals surface area contributed by atoms with E-state index in [4.69, 9.17) is 5.11 Å². The highest BCUT2D eigenvalue weighted by molar-refractivity contribution is 5.82. The summed E-state index contributed by atoms with van der Waals surface area (Å²) in [4.78, 5) is 15.6. The topological polar surface area (TPSA) is 43.8 Å². The van der Waals surface area contributed by atoms with Gasteiger partial charge in [-0.3, -0.25) is 9.69 Å². The molecule has 0 aromatic carbocycles. The first kappa shape index (κ1) is 11.5. The first-order valence-corrected chi connectivity index (χ1v) is 5.19. The standard InChI is InChI=1S/C10H20N2O2/c1-4-5-9(11(2)3)10(14)12-6-8(13)7-12/h8-9,13H,4-7H2,1-3H3. The number of likely N-dealkylation sites (tertiary alicyclic amines) is 1. The molecule has 1 heterocycles. The van der Waals surface area contributed by atoms with Crippen molar-refractivity contribution < 1.29 is 9.90 Å². The van der Waals surface area contributed by atoms with Crippen molar-refractivity contribution in [2.45, 2.75) is 31.9 Å². The van der Waals surface area contributed by atoms with E-state index in [1.54, 1.807) is 4.90 Å². The molecule has 1 aliphatic rings. The zero-order chi connectivity index (χ0) is 10.7. The summed E-state index contributed by atoms with van der Waals surface area (Å²) in [5.74, 6) is 0.155. The highest BCUT2D eigenvalue weighted by Gasteiger charge is 2.33. The Bertz CT molecular complexity index is 200. The van der Waals surface area contributed by atoms with Gasteiger partial charge in [0.05, 0.1) is 12.1 Å². The van der Waals surface area contributed by atoms with Crippen LogP contribution in [0, 0.1) is 0 Å². The van der Waals surface area contributed by atoms with Gasteiger partial charge in [-0.1, -0.05) is 13.3 Å². The van der Waals surface area contributed by atoms with E-state index in [9.17, 15) is 4.79 Å². The summed E-state index contributed by atoms with van der Waals surface area (Å²) in [6, 6.07) is -0.0208. The van der Waals surface area contributed by atoms with E-state index < -0.39 is 0 Å². The molecule has 0 aromatic heterocycles. The molecule has 1 amide bonds. The lowest BCUT2D eigenvalue weighted by Crippen LogP contribution is -2.58. The highest BCUT2D eigenvalue weighted by Crippen LogP contribution is 2.14. The minimum atomic E-state index is -0.302. The number of hydrogen-bond donors (Lipinski definition) is 1. The maximum Gasteiger partial charge on any atom is 0.240 e. The number of carbonyl (C=O) groups excluding carboxylic acids is 1. The van der Waals surface area contributed by atoms with E-state index in [1.807, 2.05) is 19.0 Å². The Kier molecular flexibility index (Phi) is 3.89. The van der Waals surface area contributed by atoms with Gasteiger partial charge in [-0.15, -0.1) is 0 Å². The number of aliphatic hydroxyl groups excluding tert-OH is 1. The number of carbonyl (C=O) groups is 1. The largest absolute Gasteiger partial charge is 0.389 e. The lowest BCUT2D eigenvalue weighted by atomic mass is 10.1. The van der Waals surface area contributed by atoms with Crippen LogP contribution in [-0.4, -0.2) is 60.1 Å². The fraction of sp³-hybridized carbons (Fsp3) is 0.900. The Hall–Kier alpha value is -0.610. The van der Waals surface area contributed by atoms with Crippen molar-refractivity contribution in [3.8, 4) is 0 Å². The second-order valence-electron chi connectivity index (χ2n) is 4.17. The Labute approximate surface area is 85.5 Å². The minimum Gasteiger partial charge on any atom is -0.389 e. The molecular weight excluding hydrogens is 180 g/mol. The van der Waals surface area contributed by atoms with Crippen molar-refractivity contribution in [2.24, 2.45) is 0 Å². The van der Waals surface area contributed by atoms with Crippen LogP contribution in [0.3, 0.4) is 0 Å². The van der Waals surface area contributed by atoms with Crippen molar-refractivity contribution in [2.75, 3.05) is 27.2 Å². The smallest absolute Gasteiger partial charge is 0.240 e. The summed E-state index contributed by atoms with van der Waals surface area (Å²) in [6.07, 6.45) is 1.59. The third kappa shape index (κ3) is 2.45. The van der Waals surface area contributed by atoms with Crippen molar-refractivity contribution in [3.05, 3.63) is 0 Å². The van der Waals surface area contributed by atoms with E-state index >= 15 is 0 Å². The van der Waals surface area contributed by atoms with Gasteiger partial charge in [0.2, 0.25) is 5.91 Å². The predicted molar refractivity (Wildman–Crippen MR) is 55.0 cm³/mol. The average Bonchev–Trinajstić information content (AvgIpc) is 2.07. The number of aliphatic hydroxyl groups is 1. The number of nitrogens with zero attached hydrogens (tertiary/aromatic N) is 2. The number of β-amino-alcohol motifs (C(OH)–C–C–N with tert-alkyl or cyclic N) is 1. The molecule has 0 bridgehead atoms. The number of hydrogen-bond acceptors (Lipinski definition) is 3. The molecule has 1 fully saturated rings. The van der Waals surface area contributed by atoms with Crippen LogP contribution in [0.1, 0.15) is 19.8 Å². The minimum absolute atomic E-state index is 0.0208. The fourth-order valence-electron chi connectivity index (χ4n) is 1.72. The van der Waals surface area contributed by atoms with Crippen LogP contribution in [-0.2, 0) is 4.79 Å². The molecule has 0 saturated carbocycles. The van der Waals surface area contributed by atoms with Gasteiger partial charge in [-0.2, -0.15) is 0 Å². The molecule has 1 atom stereocenters. The van der Waals surface area contributed by atoms with Gasteiger partial charge in [0, 0.05) is 13.1 Å². The van der Waals surface area contributed by atoms with Crippen LogP contribution in [0.4, 0.5) is 0 Å². The maximum absolute atomic E-state index is 11.9. The summed E-state index contributed by atoms with van der Waals surface area (Å²) in [7, 11) is 3.85. The van der Waals surface area contributed by atoms with E-state index in [-0.39, 0.29) is 18.1 Å². The van der Waals surface area contributed by atoms with Gasteiger partial charge in [0.1, 0.15) is 0 Å². The quantitative estimate of drug-likeness (QED) is 0.690. The van der Waals surface area contributed by atoms with Gasteiger partial charge in [-0.25, -0.2) is 0 Å². The van der Waals surface area contributed by atoms with Crippen LogP contribution in [0.25, 0.3) is 0 Å². The zero-order valence-electron chi connectivity index (χ0n) is 9.23. The molecule has 4 nitrogen and oxygen atoms in total. The normalized spacial score (nSPS) is 19.6. The number of amides is 1. The van der Waals surface area contributed by atoms with Gasteiger partial charge < -0.3 is 10.0 Å². The Morgan fingerprint density at radius 1 is 1.57 bits per heavy atom. The third-order valence-corrected chi connectivity index (χ3v) is 2.64. The van der Waals surface area contributed by atoms with Crippen LogP contribution in [0.15, 0.2) is 0 Å². The molecular formula is C10H20N2O2. The Morgan fingerprint density at radius 2 is 2.14 bits per heavy atom. The van der Waals surface area contributed by atoms with Gasteiger partial charge in [-0.05, 0) is 20.5 Å². The van der Waals surface area contributed by atoms with Crippen LogP contribution >= 0.6 is 0 Å². The highest BCUT2D eigenvalue weighted by atomic mass is 16.3. The summed E-state index contributed by atoms with van der Waals surface area (Å²) in [5.41, 5.74) is 0. The Balaban J connectivity index is 2.46. The molecule has 0 aromatic rings. The molecule has 82 valence electrons. The summed E-state index contributed by atoms with van der Waals surface area (Å²) in [5, 5.41) is 9.11. The van der Waals surface area contributed by atoms with Gasteiger partial charge in [0.15, 0.2) is 0 Å². The lowest BCUT2D eigenvalue weighted by molar-refractivity contribution is -0.146. The SMILES string of the molecule is CCCC(C(=O)N1CC(O)C1)N(C)C. The first-order valence-electron chi connectivity index (χ1n) is 5.19. The summed E-state index contributed by atoms with van der Waals surface area (Å²) < 4.78 is 0. The molecule has 1 N–H and O–H groups in total. The van der Waals surface area contributed by atoms with Gasteiger partial charge in [0.25, 0.3) is 0 Å². The average molecular weight is 200 g/mol. The summed E-state index contributed by atoms with van der Waals surface area (Å²) >= 11 is 0. The van der Waals surface area contributed by atoms with Crippen LogP contribution in [0.5, 0.6) is 0 Å². The van der Waals surface area contributed by atoms with E-state index in [0.717, 1.165) is 12.8 Å². The predicted octanol–water partition coefficient (Wildman–Crippen LogP) is -0.0802. The molecule has 1 aliphatic heterocycles. The number of likely N-dealkylation sites (N-methyl/N-ethyl adjacent to an activating group) is 1. The first-order chi connectivity index (χ1) is 6.56.